The summed E-state index contributed by atoms with van der Waals surface area (Å²) >= 11 is 6.15. The van der Waals surface area contributed by atoms with E-state index in [1.807, 2.05) is 12.1 Å². The molecule has 1 heterocycles. The van der Waals surface area contributed by atoms with E-state index in [2.05, 4.69) is 17.3 Å². The molecule has 0 saturated heterocycles. The highest BCUT2D eigenvalue weighted by atomic mass is 35.5. The molecular weight excluding hydrogens is 260 g/mol. The monoisotopic (exact) mass is 280 g/mol. The lowest BCUT2D eigenvalue weighted by Crippen LogP contribution is -2.30. The average molecular weight is 281 g/mol. The van der Waals surface area contributed by atoms with Gasteiger partial charge in [0, 0.05) is 42.7 Å². The number of rotatable bonds is 6. The van der Waals surface area contributed by atoms with Crippen LogP contribution in [0.3, 0.4) is 0 Å². The molecule has 0 amide bonds. The van der Waals surface area contributed by atoms with E-state index in [9.17, 15) is 0 Å². The Morgan fingerprint density at radius 3 is 3.05 bits per heavy atom. The molecule has 0 spiro atoms. The van der Waals surface area contributed by atoms with Crippen molar-refractivity contribution in [2.45, 2.75) is 31.8 Å². The van der Waals surface area contributed by atoms with Crippen LogP contribution in [0.2, 0.25) is 5.02 Å². The van der Waals surface area contributed by atoms with Crippen LogP contribution in [0.5, 0.6) is 5.75 Å². The number of nitrogens with one attached hydrogen (secondary N) is 1. The Hall–Kier alpha value is -0.770. The SMILES string of the molecule is CN(CCNCc1cc(Cl)cc2c1OCC2)C1CC1. The van der Waals surface area contributed by atoms with E-state index in [0.29, 0.717) is 0 Å². The van der Waals surface area contributed by atoms with Gasteiger partial charge in [0.25, 0.3) is 0 Å². The molecule has 1 saturated carbocycles. The highest BCUT2D eigenvalue weighted by Gasteiger charge is 2.25. The summed E-state index contributed by atoms with van der Waals surface area (Å²) in [5, 5.41) is 4.31. The summed E-state index contributed by atoms with van der Waals surface area (Å²) in [6.45, 7) is 3.73. The van der Waals surface area contributed by atoms with E-state index in [1.54, 1.807) is 0 Å². The van der Waals surface area contributed by atoms with Crippen LogP contribution in [-0.2, 0) is 13.0 Å². The highest BCUT2D eigenvalue weighted by Crippen LogP contribution is 2.32. The standard InChI is InChI=1S/C15H21ClN2O/c1-18(14-2-3-14)6-5-17-10-12-9-13(16)8-11-4-7-19-15(11)12/h8-9,14,17H,2-7,10H2,1H3. The van der Waals surface area contributed by atoms with Crippen molar-refractivity contribution >= 4 is 11.6 Å². The van der Waals surface area contributed by atoms with Gasteiger partial charge in [-0.25, -0.2) is 0 Å². The minimum absolute atomic E-state index is 0.785. The lowest BCUT2D eigenvalue weighted by Gasteiger charge is -2.16. The van der Waals surface area contributed by atoms with Gasteiger partial charge in [0.05, 0.1) is 6.61 Å². The van der Waals surface area contributed by atoms with Crippen LogP contribution in [-0.4, -0.2) is 37.7 Å². The van der Waals surface area contributed by atoms with Crippen molar-refractivity contribution in [2.24, 2.45) is 0 Å². The molecule has 3 nitrogen and oxygen atoms in total. The Kier molecular flexibility index (Phi) is 3.96. The normalized spacial score (nSPS) is 17.6. The van der Waals surface area contributed by atoms with Gasteiger partial charge in [-0.05, 0) is 37.6 Å². The van der Waals surface area contributed by atoms with Crippen LogP contribution in [0, 0.1) is 0 Å². The molecular formula is C15H21ClN2O. The Morgan fingerprint density at radius 2 is 2.26 bits per heavy atom. The van der Waals surface area contributed by atoms with E-state index in [4.69, 9.17) is 16.3 Å². The fourth-order valence-electron chi connectivity index (χ4n) is 2.65. The lowest BCUT2D eigenvalue weighted by molar-refractivity contribution is 0.320. The third-order valence-corrected chi connectivity index (χ3v) is 4.17. The molecule has 1 aliphatic carbocycles. The van der Waals surface area contributed by atoms with Gasteiger partial charge < -0.3 is 15.0 Å². The molecule has 3 rings (SSSR count). The van der Waals surface area contributed by atoms with Gasteiger partial charge in [0.15, 0.2) is 0 Å². The smallest absolute Gasteiger partial charge is 0.127 e. The summed E-state index contributed by atoms with van der Waals surface area (Å²) in [7, 11) is 2.21. The van der Waals surface area contributed by atoms with Crippen LogP contribution in [0.4, 0.5) is 0 Å². The van der Waals surface area contributed by atoms with Crippen molar-refractivity contribution < 1.29 is 4.74 Å². The van der Waals surface area contributed by atoms with Crippen molar-refractivity contribution in [1.82, 2.24) is 10.2 Å². The predicted molar refractivity (Wildman–Crippen MR) is 78.0 cm³/mol. The third kappa shape index (κ3) is 3.22. The fraction of sp³-hybridized carbons (Fsp3) is 0.600. The second-order valence-electron chi connectivity index (χ2n) is 5.54. The summed E-state index contributed by atoms with van der Waals surface area (Å²) in [5.41, 5.74) is 2.44. The summed E-state index contributed by atoms with van der Waals surface area (Å²) < 4.78 is 5.70. The second kappa shape index (κ2) is 5.70. The Labute approximate surface area is 119 Å². The number of nitrogens with zero attached hydrogens (tertiary/aromatic N) is 1. The van der Waals surface area contributed by atoms with E-state index in [-0.39, 0.29) is 0 Å². The van der Waals surface area contributed by atoms with Gasteiger partial charge in [0.1, 0.15) is 5.75 Å². The fourth-order valence-corrected chi connectivity index (χ4v) is 2.92. The molecule has 1 N–H and O–H groups in total. The zero-order chi connectivity index (χ0) is 13.2. The zero-order valence-corrected chi connectivity index (χ0v) is 12.2. The maximum Gasteiger partial charge on any atom is 0.127 e. The third-order valence-electron chi connectivity index (χ3n) is 3.95. The first kappa shape index (κ1) is 13.2. The van der Waals surface area contributed by atoms with Gasteiger partial charge in [0.2, 0.25) is 0 Å². The topological polar surface area (TPSA) is 24.5 Å². The Morgan fingerprint density at radius 1 is 1.42 bits per heavy atom. The molecule has 1 aromatic rings. The number of fused-ring (bicyclic) bond motifs is 1. The van der Waals surface area contributed by atoms with Crippen molar-refractivity contribution in [3.05, 3.63) is 28.3 Å². The van der Waals surface area contributed by atoms with E-state index in [0.717, 1.165) is 49.5 Å². The number of likely N-dealkylation sites (N-methyl/N-ethyl adjacent to an activating group) is 1. The van der Waals surface area contributed by atoms with Gasteiger partial charge in [-0.3, -0.25) is 0 Å². The predicted octanol–water partition coefficient (Wildman–Crippen LogP) is 2.46. The quantitative estimate of drug-likeness (QED) is 0.810. The molecule has 0 radical (unpaired) electrons. The van der Waals surface area contributed by atoms with Gasteiger partial charge in [-0.15, -0.1) is 0 Å². The van der Waals surface area contributed by atoms with Crippen molar-refractivity contribution in [1.29, 1.82) is 0 Å². The minimum atomic E-state index is 0.785. The van der Waals surface area contributed by atoms with Crippen molar-refractivity contribution in [2.75, 3.05) is 26.7 Å². The first-order valence-corrected chi connectivity index (χ1v) is 7.47. The number of ether oxygens (including phenoxy) is 1. The first-order valence-electron chi connectivity index (χ1n) is 7.09. The molecule has 1 aromatic carbocycles. The summed E-state index contributed by atoms with van der Waals surface area (Å²) in [6.07, 6.45) is 3.71. The molecule has 0 unspecified atom stereocenters. The van der Waals surface area contributed by atoms with Gasteiger partial charge >= 0.3 is 0 Å². The molecule has 1 aliphatic heterocycles. The molecule has 0 bridgehead atoms. The maximum atomic E-state index is 6.15. The lowest BCUT2D eigenvalue weighted by atomic mass is 10.1. The summed E-state index contributed by atoms with van der Waals surface area (Å²) in [6, 6.07) is 4.87. The molecule has 19 heavy (non-hydrogen) atoms. The largest absolute Gasteiger partial charge is 0.493 e. The highest BCUT2D eigenvalue weighted by molar-refractivity contribution is 6.30. The molecule has 104 valence electrons. The van der Waals surface area contributed by atoms with Crippen LogP contribution < -0.4 is 10.1 Å². The van der Waals surface area contributed by atoms with Crippen molar-refractivity contribution in [3.63, 3.8) is 0 Å². The minimum Gasteiger partial charge on any atom is -0.493 e. The van der Waals surface area contributed by atoms with Crippen LogP contribution in [0.1, 0.15) is 24.0 Å². The number of hydrogen-bond donors (Lipinski definition) is 1. The van der Waals surface area contributed by atoms with Gasteiger partial charge in [-0.2, -0.15) is 0 Å². The summed E-state index contributed by atoms with van der Waals surface area (Å²) in [5.74, 6) is 1.05. The van der Waals surface area contributed by atoms with Crippen LogP contribution >= 0.6 is 11.6 Å². The maximum absolute atomic E-state index is 6.15. The Bertz CT molecular complexity index is 460. The molecule has 4 heteroatoms. The van der Waals surface area contributed by atoms with E-state index in [1.165, 1.54) is 24.0 Å². The number of halogens is 1. The van der Waals surface area contributed by atoms with Crippen LogP contribution in [0.25, 0.3) is 0 Å². The summed E-state index contributed by atoms with van der Waals surface area (Å²) in [4.78, 5) is 2.44. The van der Waals surface area contributed by atoms with Crippen LogP contribution in [0.15, 0.2) is 12.1 Å². The van der Waals surface area contributed by atoms with E-state index >= 15 is 0 Å². The molecule has 0 aromatic heterocycles. The average Bonchev–Trinajstić information content (AvgIpc) is 3.13. The second-order valence-corrected chi connectivity index (χ2v) is 5.98. The van der Waals surface area contributed by atoms with E-state index < -0.39 is 0 Å². The van der Waals surface area contributed by atoms with Gasteiger partial charge in [-0.1, -0.05) is 11.6 Å². The number of benzene rings is 1. The number of hydrogen-bond acceptors (Lipinski definition) is 3. The molecule has 2 aliphatic rings. The Balaban J connectivity index is 1.52. The zero-order valence-electron chi connectivity index (χ0n) is 11.4. The van der Waals surface area contributed by atoms with Crippen molar-refractivity contribution in [3.8, 4) is 5.75 Å². The molecule has 1 fully saturated rings. The first-order chi connectivity index (χ1) is 9.24. The molecule has 0 atom stereocenters.